The second kappa shape index (κ2) is 5.77. The Hall–Kier alpha value is -1.40. The predicted octanol–water partition coefficient (Wildman–Crippen LogP) is 2.99. The van der Waals surface area contributed by atoms with Gasteiger partial charge in [0.1, 0.15) is 11.6 Å². The Bertz CT molecular complexity index is 723. The van der Waals surface area contributed by atoms with Gasteiger partial charge < -0.3 is 9.88 Å². The van der Waals surface area contributed by atoms with Crippen LogP contribution in [0.2, 0.25) is 0 Å². The number of aromatic nitrogens is 1. The van der Waals surface area contributed by atoms with E-state index in [2.05, 4.69) is 16.9 Å². The maximum absolute atomic E-state index is 14.5. The average molecular weight is 310 g/mol. The number of aromatic amines is 1. The van der Waals surface area contributed by atoms with Crippen LogP contribution in [0.25, 0.3) is 10.9 Å². The van der Waals surface area contributed by atoms with Crippen LogP contribution in [0.5, 0.6) is 0 Å². The highest BCUT2D eigenvalue weighted by Crippen LogP contribution is 2.36. The molecule has 1 fully saturated rings. The Balaban J connectivity index is 1.95. The molecule has 0 spiro atoms. The van der Waals surface area contributed by atoms with E-state index in [1.807, 2.05) is 0 Å². The van der Waals surface area contributed by atoms with Crippen LogP contribution < -0.4 is 5.56 Å². The summed E-state index contributed by atoms with van der Waals surface area (Å²) >= 11 is 1.27. The van der Waals surface area contributed by atoms with Crippen LogP contribution >= 0.6 is 11.8 Å². The average Bonchev–Trinajstić information content (AvgIpc) is 2.45. The number of benzene rings is 1. The molecule has 0 bridgehead atoms. The first-order valence-electron chi connectivity index (χ1n) is 6.91. The first-order valence-corrected chi connectivity index (χ1v) is 7.79. The second-order valence-electron chi connectivity index (χ2n) is 5.41. The van der Waals surface area contributed by atoms with Gasteiger partial charge in [0, 0.05) is 16.7 Å². The quantitative estimate of drug-likeness (QED) is 0.926. The number of likely N-dealkylation sites (tertiary alicyclic amines) is 1. The van der Waals surface area contributed by atoms with Crippen molar-refractivity contribution in [2.45, 2.75) is 23.0 Å². The minimum absolute atomic E-state index is 0.0594. The van der Waals surface area contributed by atoms with Crippen LogP contribution in [0.1, 0.15) is 12.8 Å². The lowest BCUT2D eigenvalue weighted by molar-refractivity contribution is 0.282. The normalized spacial score (nSPS) is 17.5. The van der Waals surface area contributed by atoms with E-state index in [1.54, 1.807) is 0 Å². The number of hydrogen-bond donors (Lipinski definition) is 1. The lowest BCUT2D eigenvalue weighted by Crippen LogP contribution is -2.31. The van der Waals surface area contributed by atoms with Crippen LogP contribution in [-0.4, -0.2) is 35.3 Å². The Kier molecular flexibility index (Phi) is 3.99. The molecule has 0 unspecified atom stereocenters. The fourth-order valence-corrected chi connectivity index (χ4v) is 3.76. The molecular formula is C15H16F2N2OS. The summed E-state index contributed by atoms with van der Waals surface area (Å²) in [5.41, 5.74) is -0.165. The fraction of sp³-hybridized carbons (Fsp3) is 0.400. The summed E-state index contributed by atoms with van der Waals surface area (Å²) in [5, 5.41) is 0.483. The standard InChI is InChI=1S/C15H16F2N2OS/c1-19-6-4-9(5-7-19)21-15-11(16)8-12-10(14(15)17)2-3-13(20)18-12/h2-3,8-9H,4-7H2,1H3,(H,18,20). The summed E-state index contributed by atoms with van der Waals surface area (Å²) in [6.45, 7) is 1.89. The van der Waals surface area contributed by atoms with E-state index in [0.717, 1.165) is 25.9 Å². The maximum Gasteiger partial charge on any atom is 0.248 e. The van der Waals surface area contributed by atoms with Gasteiger partial charge in [0.05, 0.1) is 10.4 Å². The topological polar surface area (TPSA) is 36.1 Å². The van der Waals surface area contributed by atoms with Crippen molar-refractivity contribution in [2.24, 2.45) is 0 Å². The van der Waals surface area contributed by atoms with Gasteiger partial charge in [-0.1, -0.05) is 0 Å². The molecule has 1 aromatic heterocycles. The summed E-state index contributed by atoms with van der Waals surface area (Å²) in [6, 6.07) is 3.87. The zero-order valence-corrected chi connectivity index (χ0v) is 12.5. The van der Waals surface area contributed by atoms with Crippen LogP contribution in [0.3, 0.4) is 0 Å². The van der Waals surface area contributed by atoms with Crippen molar-refractivity contribution in [1.29, 1.82) is 0 Å². The summed E-state index contributed by atoms with van der Waals surface area (Å²) in [4.78, 5) is 16.0. The van der Waals surface area contributed by atoms with Crippen LogP contribution in [0.15, 0.2) is 27.9 Å². The lowest BCUT2D eigenvalue weighted by Gasteiger charge is -2.28. The second-order valence-corrected chi connectivity index (χ2v) is 6.72. The van der Waals surface area contributed by atoms with E-state index in [0.29, 0.717) is 0 Å². The maximum atomic E-state index is 14.5. The van der Waals surface area contributed by atoms with E-state index >= 15 is 0 Å². The molecule has 3 rings (SSSR count). The number of pyridine rings is 1. The van der Waals surface area contributed by atoms with Gasteiger partial charge >= 0.3 is 0 Å². The van der Waals surface area contributed by atoms with Gasteiger partial charge in [0.25, 0.3) is 0 Å². The highest BCUT2D eigenvalue weighted by atomic mass is 32.2. The molecule has 0 radical (unpaired) electrons. The fourth-order valence-electron chi connectivity index (χ4n) is 2.59. The number of piperidine rings is 1. The summed E-state index contributed by atoms with van der Waals surface area (Å²) in [6.07, 6.45) is 1.84. The molecule has 1 aliphatic heterocycles. The van der Waals surface area contributed by atoms with Crippen molar-refractivity contribution in [1.82, 2.24) is 9.88 Å². The van der Waals surface area contributed by atoms with Crippen LogP contribution in [0, 0.1) is 11.6 Å². The van der Waals surface area contributed by atoms with E-state index in [9.17, 15) is 13.6 Å². The number of rotatable bonds is 2. The van der Waals surface area contributed by atoms with E-state index in [4.69, 9.17) is 0 Å². The number of halogens is 2. The molecule has 112 valence electrons. The van der Waals surface area contributed by atoms with Crippen molar-refractivity contribution in [3.63, 3.8) is 0 Å². The third kappa shape index (κ3) is 2.96. The minimum Gasteiger partial charge on any atom is -0.322 e. The van der Waals surface area contributed by atoms with Crippen molar-refractivity contribution >= 4 is 22.7 Å². The molecule has 0 atom stereocenters. The van der Waals surface area contributed by atoms with Crippen molar-refractivity contribution in [2.75, 3.05) is 20.1 Å². The first kappa shape index (κ1) is 14.5. The molecule has 1 N–H and O–H groups in total. The van der Waals surface area contributed by atoms with E-state index in [-0.39, 0.29) is 26.6 Å². The van der Waals surface area contributed by atoms with Gasteiger partial charge in [0.15, 0.2) is 0 Å². The Morgan fingerprint density at radius 3 is 2.71 bits per heavy atom. The van der Waals surface area contributed by atoms with Crippen molar-refractivity contribution in [3.05, 3.63) is 40.2 Å². The molecule has 2 heterocycles. The zero-order chi connectivity index (χ0) is 15.0. The number of fused-ring (bicyclic) bond motifs is 1. The predicted molar refractivity (Wildman–Crippen MR) is 80.9 cm³/mol. The Morgan fingerprint density at radius 1 is 1.29 bits per heavy atom. The molecule has 3 nitrogen and oxygen atoms in total. The number of H-pyrrole nitrogens is 1. The molecule has 21 heavy (non-hydrogen) atoms. The molecule has 2 aromatic rings. The first-order chi connectivity index (χ1) is 10.0. The molecule has 0 aliphatic carbocycles. The number of nitrogens with zero attached hydrogens (tertiary/aromatic N) is 1. The summed E-state index contributed by atoms with van der Waals surface area (Å²) in [5.74, 6) is -1.18. The molecule has 0 saturated carbocycles. The van der Waals surface area contributed by atoms with Crippen molar-refractivity contribution < 1.29 is 8.78 Å². The van der Waals surface area contributed by atoms with Gasteiger partial charge in [-0.25, -0.2) is 8.78 Å². The monoisotopic (exact) mass is 310 g/mol. The lowest BCUT2D eigenvalue weighted by atomic mass is 10.1. The molecule has 6 heteroatoms. The largest absolute Gasteiger partial charge is 0.322 e. The van der Waals surface area contributed by atoms with Gasteiger partial charge in [0.2, 0.25) is 5.56 Å². The molecule has 1 aliphatic rings. The van der Waals surface area contributed by atoms with Gasteiger partial charge in [-0.15, -0.1) is 11.8 Å². The molecular weight excluding hydrogens is 294 g/mol. The van der Waals surface area contributed by atoms with Gasteiger partial charge in [-0.2, -0.15) is 0 Å². The number of thioether (sulfide) groups is 1. The molecule has 1 saturated heterocycles. The zero-order valence-electron chi connectivity index (χ0n) is 11.7. The molecule has 0 amide bonds. The SMILES string of the molecule is CN1CCC(Sc2c(F)cc3[nH]c(=O)ccc3c2F)CC1. The minimum atomic E-state index is -0.606. The Morgan fingerprint density at radius 2 is 2.00 bits per heavy atom. The third-order valence-electron chi connectivity index (χ3n) is 3.82. The summed E-state index contributed by atoms with van der Waals surface area (Å²) in [7, 11) is 2.05. The highest BCUT2D eigenvalue weighted by molar-refractivity contribution is 8.00. The van der Waals surface area contributed by atoms with Crippen molar-refractivity contribution in [3.8, 4) is 0 Å². The number of hydrogen-bond acceptors (Lipinski definition) is 3. The highest BCUT2D eigenvalue weighted by Gasteiger charge is 2.22. The summed E-state index contributed by atoms with van der Waals surface area (Å²) < 4.78 is 28.7. The van der Waals surface area contributed by atoms with E-state index < -0.39 is 11.6 Å². The molecule has 1 aromatic carbocycles. The van der Waals surface area contributed by atoms with E-state index in [1.165, 1.54) is 30.0 Å². The Labute approximate surface area is 125 Å². The van der Waals surface area contributed by atoms with Gasteiger partial charge in [-0.3, -0.25) is 4.79 Å². The smallest absolute Gasteiger partial charge is 0.248 e. The van der Waals surface area contributed by atoms with Gasteiger partial charge in [-0.05, 0) is 45.1 Å². The third-order valence-corrected chi connectivity index (χ3v) is 5.24. The van der Waals surface area contributed by atoms with Crippen LogP contribution in [0.4, 0.5) is 8.78 Å². The van der Waals surface area contributed by atoms with Crippen LogP contribution in [-0.2, 0) is 0 Å². The number of nitrogens with one attached hydrogen (secondary N) is 1.